The molecule has 5 N–H and O–H groups in total. The number of guanidine groups is 1. The molecule has 0 heterocycles. The van der Waals surface area contributed by atoms with Gasteiger partial charge in [-0.25, -0.2) is 4.99 Å². The number of methoxy groups -OCH3 is 1. The lowest BCUT2D eigenvalue weighted by molar-refractivity contribution is 0.0963. The first-order valence-electron chi connectivity index (χ1n) is 4.68. The fraction of sp³-hybridized carbons (Fsp3) is 0.200. The Bertz CT molecular complexity index is 470. The van der Waals surface area contributed by atoms with Crippen LogP contribution < -0.4 is 21.5 Å². The Morgan fingerprint density at radius 1 is 1.47 bits per heavy atom. The minimum atomic E-state index is -0.315. The monoisotopic (exact) mass is 256 g/mol. The highest BCUT2D eigenvalue weighted by molar-refractivity contribution is 6.34. The molecule has 0 saturated heterocycles. The topological polar surface area (TPSA) is 103 Å². The molecule has 17 heavy (non-hydrogen) atoms. The van der Waals surface area contributed by atoms with Gasteiger partial charge in [0.15, 0.2) is 5.96 Å². The van der Waals surface area contributed by atoms with Crippen LogP contribution >= 0.6 is 11.6 Å². The standard InChI is InChI=1S/C10H13ClN4O2/c1-14-9(16)5-3-8(17-2)7(4-6(5)11)15-10(12)13/h3-4H,1-2H3,(H,14,16)(H4,12,13,15). The number of benzene rings is 1. The summed E-state index contributed by atoms with van der Waals surface area (Å²) in [6.07, 6.45) is 0. The lowest BCUT2D eigenvalue weighted by Crippen LogP contribution is -2.22. The van der Waals surface area contributed by atoms with Crippen molar-refractivity contribution in [3.8, 4) is 5.75 Å². The van der Waals surface area contributed by atoms with Gasteiger partial charge in [-0.3, -0.25) is 4.79 Å². The van der Waals surface area contributed by atoms with Gasteiger partial charge in [0.1, 0.15) is 11.4 Å². The average molecular weight is 257 g/mol. The van der Waals surface area contributed by atoms with Crippen LogP contribution in [0.25, 0.3) is 0 Å². The number of nitrogens with two attached hydrogens (primary N) is 2. The Morgan fingerprint density at radius 2 is 2.12 bits per heavy atom. The molecule has 0 spiro atoms. The molecule has 92 valence electrons. The van der Waals surface area contributed by atoms with Crippen molar-refractivity contribution >= 4 is 29.2 Å². The second-order valence-corrected chi connectivity index (χ2v) is 3.53. The highest BCUT2D eigenvalue weighted by atomic mass is 35.5. The van der Waals surface area contributed by atoms with Crippen LogP contribution in [0.1, 0.15) is 10.4 Å². The number of halogens is 1. The molecular formula is C10H13ClN4O2. The van der Waals surface area contributed by atoms with E-state index in [1.165, 1.54) is 26.3 Å². The minimum absolute atomic E-state index is 0.118. The predicted octanol–water partition coefficient (Wildman–Crippen LogP) is 0.613. The number of hydrogen-bond acceptors (Lipinski definition) is 3. The second kappa shape index (κ2) is 5.40. The molecule has 1 aromatic carbocycles. The fourth-order valence-corrected chi connectivity index (χ4v) is 1.49. The number of ether oxygens (including phenoxy) is 1. The Kier molecular flexibility index (Phi) is 4.17. The number of carbonyl (C=O) groups is 1. The van der Waals surface area contributed by atoms with Crippen LogP contribution in [0.3, 0.4) is 0 Å². The van der Waals surface area contributed by atoms with E-state index in [2.05, 4.69) is 10.3 Å². The summed E-state index contributed by atoms with van der Waals surface area (Å²) in [6.45, 7) is 0. The smallest absolute Gasteiger partial charge is 0.252 e. The molecule has 0 atom stereocenters. The zero-order chi connectivity index (χ0) is 13.0. The van der Waals surface area contributed by atoms with E-state index in [-0.39, 0.29) is 16.9 Å². The highest BCUT2D eigenvalue weighted by Crippen LogP contribution is 2.33. The van der Waals surface area contributed by atoms with Crippen molar-refractivity contribution in [2.75, 3.05) is 14.2 Å². The number of nitrogens with one attached hydrogen (secondary N) is 1. The first kappa shape index (κ1) is 13.1. The third kappa shape index (κ3) is 3.01. The molecule has 0 aliphatic rings. The zero-order valence-corrected chi connectivity index (χ0v) is 10.2. The molecule has 0 radical (unpaired) electrons. The van der Waals surface area contributed by atoms with Crippen LogP contribution in [-0.2, 0) is 0 Å². The van der Waals surface area contributed by atoms with Gasteiger partial charge in [-0.1, -0.05) is 11.6 Å². The van der Waals surface area contributed by atoms with Gasteiger partial charge in [-0.15, -0.1) is 0 Å². The first-order chi connectivity index (χ1) is 7.99. The van der Waals surface area contributed by atoms with Gasteiger partial charge in [0, 0.05) is 7.05 Å². The van der Waals surface area contributed by atoms with Crippen LogP contribution in [0.2, 0.25) is 5.02 Å². The molecule has 0 fully saturated rings. The molecule has 0 aromatic heterocycles. The minimum Gasteiger partial charge on any atom is -0.494 e. The van der Waals surface area contributed by atoms with Crippen molar-refractivity contribution in [1.82, 2.24) is 5.32 Å². The summed E-state index contributed by atoms with van der Waals surface area (Å²) < 4.78 is 5.08. The second-order valence-electron chi connectivity index (χ2n) is 3.12. The molecule has 0 aliphatic carbocycles. The summed E-state index contributed by atoms with van der Waals surface area (Å²) in [6, 6.07) is 2.94. The SMILES string of the molecule is CNC(=O)c1cc(OC)c(N=C(N)N)cc1Cl. The zero-order valence-electron chi connectivity index (χ0n) is 9.45. The molecule has 1 rings (SSSR count). The van der Waals surface area contributed by atoms with Crippen LogP contribution in [-0.4, -0.2) is 26.0 Å². The van der Waals surface area contributed by atoms with Crippen LogP contribution in [0, 0.1) is 0 Å². The van der Waals surface area contributed by atoms with Gasteiger partial charge < -0.3 is 21.5 Å². The number of hydrogen-bond donors (Lipinski definition) is 3. The van der Waals surface area contributed by atoms with E-state index in [1.54, 1.807) is 0 Å². The number of rotatable bonds is 3. The third-order valence-corrected chi connectivity index (χ3v) is 2.30. The number of amides is 1. The Morgan fingerprint density at radius 3 is 2.59 bits per heavy atom. The van der Waals surface area contributed by atoms with Gasteiger partial charge in [0.25, 0.3) is 5.91 Å². The summed E-state index contributed by atoms with van der Waals surface area (Å²) in [7, 11) is 2.96. The van der Waals surface area contributed by atoms with Crippen molar-refractivity contribution in [1.29, 1.82) is 0 Å². The van der Waals surface area contributed by atoms with Crippen molar-refractivity contribution in [3.63, 3.8) is 0 Å². The highest BCUT2D eigenvalue weighted by Gasteiger charge is 2.14. The maximum absolute atomic E-state index is 11.5. The van der Waals surface area contributed by atoms with E-state index in [0.717, 1.165) is 0 Å². The van der Waals surface area contributed by atoms with E-state index < -0.39 is 0 Å². The van der Waals surface area contributed by atoms with Gasteiger partial charge in [0.05, 0.1) is 17.7 Å². The summed E-state index contributed by atoms with van der Waals surface area (Å²) in [5.74, 6) is -0.0713. The van der Waals surface area contributed by atoms with Crippen LogP contribution in [0.15, 0.2) is 17.1 Å². The normalized spacial score (nSPS) is 9.59. The molecular weight excluding hydrogens is 244 g/mol. The lowest BCUT2D eigenvalue weighted by Gasteiger charge is -2.09. The van der Waals surface area contributed by atoms with Gasteiger partial charge in [-0.05, 0) is 12.1 Å². The molecule has 0 saturated carbocycles. The number of aliphatic imine (C=N–C) groups is 1. The molecule has 0 aliphatic heterocycles. The summed E-state index contributed by atoms with van der Waals surface area (Å²) in [4.78, 5) is 15.3. The summed E-state index contributed by atoms with van der Waals surface area (Å²) in [5.41, 5.74) is 11.2. The maximum Gasteiger partial charge on any atom is 0.252 e. The van der Waals surface area contributed by atoms with E-state index in [4.69, 9.17) is 27.8 Å². The predicted molar refractivity (Wildman–Crippen MR) is 66.9 cm³/mol. The van der Waals surface area contributed by atoms with Crippen LogP contribution in [0.5, 0.6) is 5.75 Å². The maximum atomic E-state index is 11.5. The van der Waals surface area contributed by atoms with Gasteiger partial charge in [0.2, 0.25) is 0 Å². The third-order valence-electron chi connectivity index (χ3n) is 1.99. The molecule has 6 nitrogen and oxygen atoms in total. The van der Waals surface area contributed by atoms with Crippen molar-refractivity contribution in [2.45, 2.75) is 0 Å². The Hall–Kier alpha value is -1.95. The van der Waals surface area contributed by atoms with E-state index in [9.17, 15) is 4.79 Å². The summed E-state index contributed by atoms with van der Waals surface area (Å²) in [5, 5.41) is 2.71. The Balaban J connectivity index is 3.34. The summed E-state index contributed by atoms with van der Waals surface area (Å²) >= 11 is 5.95. The molecule has 1 amide bonds. The first-order valence-corrected chi connectivity index (χ1v) is 5.06. The fourth-order valence-electron chi connectivity index (χ4n) is 1.24. The van der Waals surface area contributed by atoms with Gasteiger partial charge in [-0.2, -0.15) is 0 Å². The largest absolute Gasteiger partial charge is 0.494 e. The van der Waals surface area contributed by atoms with E-state index in [1.807, 2.05) is 0 Å². The number of nitrogens with zero attached hydrogens (tertiary/aromatic N) is 1. The van der Waals surface area contributed by atoms with E-state index >= 15 is 0 Å². The quantitative estimate of drug-likeness (QED) is 0.545. The van der Waals surface area contributed by atoms with Crippen LogP contribution in [0.4, 0.5) is 5.69 Å². The lowest BCUT2D eigenvalue weighted by atomic mass is 10.1. The van der Waals surface area contributed by atoms with Crippen molar-refractivity contribution < 1.29 is 9.53 Å². The Labute approximate surface area is 104 Å². The van der Waals surface area contributed by atoms with Crippen molar-refractivity contribution in [2.24, 2.45) is 16.5 Å². The molecule has 0 unspecified atom stereocenters. The number of carbonyl (C=O) groups excluding carboxylic acids is 1. The molecule has 1 aromatic rings. The molecule has 0 bridgehead atoms. The van der Waals surface area contributed by atoms with Crippen molar-refractivity contribution in [3.05, 3.63) is 22.7 Å². The average Bonchev–Trinajstić information content (AvgIpc) is 2.27. The van der Waals surface area contributed by atoms with E-state index in [0.29, 0.717) is 17.0 Å². The molecule has 7 heteroatoms. The van der Waals surface area contributed by atoms with Gasteiger partial charge >= 0.3 is 0 Å².